The van der Waals surface area contributed by atoms with Crippen LogP contribution >= 0.6 is 11.5 Å². The van der Waals surface area contributed by atoms with Crippen LogP contribution in [0.1, 0.15) is 12.8 Å². The highest BCUT2D eigenvalue weighted by Crippen LogP contribution is 2.30. The second-order valence-electron chi connectivity index (χ2n) is 6.00. The van der Waals surface area contributed by atoms with Gasteiger partial charge >= 0.3 is 0 Å². The lowest BCUT2D eigenvalue weighted by Gasteiger charge is -2.34. The SMILES string of the molecule is c1ccc(-c2nsc(N3CCN(CC4CC4)CC3)n2)cc1. The number of benzene rings is 1. The number of hydrogen-bond donors (Lipinski definition) is 0. The van der Waals surface area contributed by atoms with Gasteiger partial charge in [-0.25, -0.2) is 0 Å². The topological polar surface area (TPSA) is 32.3 Å². The van der Waals surface area contributed by atoms with Crippen LogP contribution in [-0.4, -0.2) is 47.0 Å². The first kappa shape index (κ1) is 13.2. The zero-order valence-electron chi connectivity index (χ0n) is 12.1. The van der Waals surface area contributed by atoms with Crippen LogP contribution in [0.4, 0.5) is 5.13 Å². The molecular formula is C16H20N4S. The molecule has 0 radical (unpaired) electrons. The molecule has 2 heterocycles. The molecule has 1 saturated carbocycles. The molecule has 0 spiro atoms. The molecule has 0 atom stereocenters. The summed E-state index contributed by atoms with van der Waals surface area (Å²) in [5.41, 5.74) is 1.10. The molecule has 0 N–H and O–H groups in total. The van der Waals surface area contributed by atoms with E-state index in [9.17, 15) is 0 Å². The van der Waals surface area contributed by atoms with Crippen molar-refractivity contribution in [1.29, 1.82) is 0 Å². The molecule has 4 rings (SSSR count). The molecular weight excluding hydrogens is 280 g/mol. The fourth-order valence-corrected chi connectivity index (χ4v) is 3.58. The van der Waals surface area contributed by atoms with Crippen molar-refractivity contribution in [3.63, 3.8) is 0 Å². The zero-order chi connectivity index (χ0) is 14.1. The molecule has 0 unspecified atom stereocenters. The molecule has 1 aliphatic carbocycles. The number of nitrogens with zero attached hydrogens (tertiary/aromatic N) is 4. The van der Waals surface area contributed by atoms with Crippen LogP contribution < -0.4 is 4.90 Å². The van der Waals surface area contributed by atoms with Gasteiger partial charge in [0.05, 0.1) is 0 Å². The Bertz CT molecular complexity index is 585. The van der Waals surface area contributed by atoms with E-state index < -0.39 is 0 Å². The van der Waals surface area contributed by atoms with Crippen molar-refractivity contribution in [2.45, 2.75) is 12.8 Å². The molecule has 1 saturated heterocycles. The van der Waals surface area contributed by atoms with Crippen LogP contribution in [0.2, 0.25) is 0 Å². The smallest absolute Gasteiger partial charge is 0.205 e. The van der Waals surface area contributed by atoms with E-state index in [4.69, 9.17) is 4.98 Å². The summed E-state index contributed by atoms with van der Waals surface area (Å²) in [6.45, 7) is 5.79. The first-order valence-corrected chi connectivity index (χ1v) is 8.52. The summed E-state index contributed by atoms with van der Waals surface area (Å²) in [4.78, 5) is 9.70. The molecule has 1 aromatic heterocycles. The van der Waals surface area contributed by atoms with Crippen LogP contribution in [0.15, 0.2) is 30.3 Å². The van der Waals surface area contributed by atoms with Gasteiger partial charge in [0.2, 0.25) is 5.13 Å². The first-order valence-electron chi connectivity index (χ1n) is 7.75. The maximum Gasteiger partial charge on any atom is 0.205 e. The van der Waals surface area contributed by atoms with E-state index in [2.05, 4.69) is 26.3 Å². The van der Waals surface area contributed by atoms with E-state index in [1.54, 1.807) is 0 Å². The van der Waals surface area contributed by atoms with Gasteiger partial charge in [-0.3, -0.25) is 4.90 Å². The standard InChI is InChI=1S/C16H20N4S/c1-2-4-14(5-3-1)15-17-16(21-18-15)20-10-8-19(9-11-20)12-13-6-7-13/h1-5,13H,6-12H2. The number of piperazine rings is 1. The largest absolute Gasteiger partial charge is 0.344 e. The molecule has 2 fully saturated rings. The van der Waals surface area contributed by atoms with Gasteiger partial charge in [-0.2, -0.15) is 9.36 Å². The minimum Gasteiger partial charge on any atom is -0.344 e. The zero-order valence-corrected chi connectivity index (χ0v) is 12.9. The predicted octanol–water partition coefficient (Wildman–Crippen LogP) is 2.74. The Morgan fingerprint density at radius 3 is 2.52 bits per heavy atom. The van der Waals surface area contributed by atoms with Crippen molar-refractivity contribution >= 4 is 16.7 Å². The van der Waals surface area contributed by atoms with Crippen LogP contribution in [0.5, 0.6) is 0 Å². The summed E-state index contributed by atoms with van der Waals surface area (Å²) >= 11 is 1.52. The van der Waals surface area contributed by atoms with Crippen LogP contribution in [0, 0.1) is 5.92 Å². The van der Waals surface area contributed by atoms with Gasteiger partial charge in [0, 0.05) is 49.8 Å². The summed E-state index contributed by atoms with van der Waals surface area (Å²) in [6.07, 6.45) is 2.88. The third-order valence-electron chi connectivity index (χ3n) is 4.30. The fraction of sp³-hybridized carbons (Fsp3) is 0.500. The number of aromatic nitrogens is 2. The highest BCUT2D eigenvalue weighted by molar-refractivity contribution is 7.09. The molecule has 0 amide bonds. The molecule has 1 aliphatic heterocycles. The van der Waals surface area contributed by atoms with Crippen LogP contribution in [0.3, 0.4) is 0 Å². The Balaban J connectivity index is 1.40. The van der Waals surface area contributed by atoms with E-state index in [-0.39, 0.29) is 0 Å². The molecule has 2 aromatic rings. The lowest BCUT2D eigenvalue weighted by atomic mass is 10.2. The van der Waals surface area contributed by atoms with Gasteiger partial charge < -0.3 is 4.90 Å². The lowest BCUT2D eigenvalue weighted by molar-refractivity contribution is 0.248. The highest BCUT2D eigenvalue weighted by Gasteiger charge is 2.27. The fourth-order valence-electron chi connectivity index (χ4n) is 2.84. The monoisotopic (exact) mass is 300 g/mol. The maximum atomic E-state index is 4.72. The van der Waals surface area contributed by atoms with Crippen molar-refractivity contribution in [2.75, 3.05) is 37.6 Å². The second-order valence-corrected chi connectivity index (χ2v) is 6.73. The average molecular weight is 300 g/mol. The minimum absolute atomic E-state index is 0.857. The Morgan fingerprint density at radius 2 is 1.81 bits per heavy atom. The van der Waals surface area contributed by atoms with Crippen molar-refractivity contribution < 1.29 is 0 Å². The van der Waals surface area contributed by atoms with E-state index in [0.29, 0.717) is 0 Å². The third-order valence-corrected chi connectivity index (χ3v) is 5.08. The lowest BCUT2D eigenvalue weighted by Crippen LogP contribution is -2.47. The van der Waals surface area contributed by atoms with Gasteiger partial charge in [-0.1, -0.05) is 30.3 Å². The number of rotatable bonds is 4. The van der Waals surface area contributed by atoms with Gasteiger partial charge in [0.15, 0.2) is 5.82 Å². The van der Waals surface area contributed by atoms with E-state index in [1.807, 2.05) is 18.2 Å². The number of hydrogen-bond acceptors (Lipinski definition) is 5. The maximum absolute atomic E-state index is 4.72. The van der Waals surface area contributed by atoms with Gasteiger partial charge in [0.1, 0.15) is 0 Å². The first-order chi connectivity index (χ1) is 10.4. The second kappa shape index (κ2) is 5.73. The van der Waals surface area contributed by atoms with Crippen molar-refractivity contribution in [1.82, 2.24) is 14.3 Å². The Kier molecular flexibility index (Phi) is 3.61. The van der Waals surface area contributed by atoms with Gasteiger partial charge in [-0.05, 0) is 18.8 Å². The van der Waals surface area contributed by atoms with Crippen molar-refractivity contribution in [3.8, 4) is 11.4 Å². The normalized spacial score (nSPS) is 19.9. The Labute approximate surface area is 129 Å². The minimum atomic E-state index is 0.857. The highest BCUT2D eigenvalue weighted by atomic mass is 32.1. The van der Waals surface area contributed by atoms with Crippen molar-refractivity contribution in [3.05, 3.63) is 30.3 Å². The van der Waals surface area contributed by atoms with Crippen molar-refractivity contribution in [2.24, 2.45) is 5.92 Å². The van der Waals surface area contributed by atoms with Crippen LogP contribution in [-0.2, 0) is 0 Å². The summed E-state index contributed by atoms with van der Waals surface area (Å²) in [7, 11) is 0. The molecule has 21 heavy (non-hydrogen) atoms. The molecule has 1 aromatic carbocycles. The Morgan fingerprint density at radius 1 is 1.05 bits per heavy atom. The molecule has 5 heteroatoms. The third kappa shape index (κ3) is 3.09. The quantitative estimate of drug-likeness (QED) is 0.869. The van der Waals surface area contributed by atoms with E-state index in [0.717, 1.165) is 48.6 Å². The van der Waals surface area contributed by atoms with E-state index >= 15 is 0 Å². The van der Waals surface area contributed by atoms with Crippen LogP contribution in [0.25, 0.3) is 11.4 Å². The molecule has 0 bridgehead atoms. The van der Waals surface area contributed by atoms with E-state index in [1.165, 1.54) is 30.9 Å². The predicted molar refractivity (Wildman–Crippen MR) is 86.7 cm³/mol. The van der Waals surface area contributed by atoms with Gasteiger partial charge in [-0.15, -0.1) is 0 Å². The summed E-state index contributed by atoms with van der Waals surface area (Å²) in [5.74, 6) is 1.85. The molecule has 4 nitrogen and oxygen atoms in total. The summed E-state index contributed by atoms with van der Waals surface area (Å²) in [5, 5.41) is 1.07. The number of anilines is 1. The summed E-state index contributed by atoms with van der Waals surface area (Å²) in [6, 6.07) is 10.2. The molecule has 2 aliphatic rings. The summed E-state index contributed by atoms with van der Waals surface area (Å²) < 4.78 is 4.51. The average Bonchev–Trinajstić information content (AvgIpc) is 3.22. The Hall–Kier alpha value is -1.46. The molecule has 110 valence electrons. The van der Waals surface area contributed by atoms with Gasteiger partial charge in [0.25, 0.3) is 0 Å².